The number of fused-ring (bicyclic) bond motifs is 1. The van der Waals surface area contributed by atoms with Gasteiger partial charge in [-0.1, -0.05) is 29.8 Å². The van der Waals surface area contributed by atoms with Gasteiger partial charge in [0.1, 0.15) is 11.1 Å². The molecule has 2 aliphatic rings. The zero-order chi connectivity index (χ0) is 26.4. The molecule has 0 radical (unpaired) electrons. The molecule has 3 amide bonds. The van der Waals surface area contributed by atoms with Crippen LogP contribution in [0.2, 0.25) is 5.02 Å². The van der Waals surface area contributed by atoms with Crippen LogP contribution in [0.5, 0.6) is 0 Å². The van der Waals surface area contributed by atoms with E-state index in [4.69, 9.17) is 16.3 Å². The smallest absolute Gasteiger partial charge is 0.412 e. The Hall–Kier alpha value is -3.91. The summed E-state index contributed by atoms with van der Waals surface area (Å²) in [5.74, 6) is -0.768. The van der Waals surface area contributed by atoms with Crippen molar-refractivity contribution >= 4 is 40.9 Å². The van der Waals surface area contributed by atoms with Gasteiger partial charge in [0.05, 0.1) is 11.3 Å². The second-order valence-corrected chi connectivity index (χ2v) is 10.7. The molecule has 0 saturated heterocycles. The second-order valence-electron chi connectivity index (χ2n) is 10.3. The molecule has 1 saturated carbocycles. The van der Waals surface area contributed by atoms with Crippen LogP contribution in [0.4, 0.5) is 16.2 Å². The fourth-order valence-electron chi connectivity index (χ4n) is 4.73. The Bertz CT molecular complexity index is 1370. The fraction of sp³-hybridized carbons (Fsp3) is 0.286. The molecule has 1 fully saturated rings. The molecular weight excluding hydrogens is 492 g/mol. The normalized spacial score (nSPS) is 20.6. The van der Waals surface area contributed by atoms with Crippen LogP contribution in [-0.4, -0.2) is 38.9 Å². The van der Waals surface area contributed by atoms with Gasteiger partial charge in [-0.25, -0.2) is 4.79 Å². The first-order valence-corrected chi connectivity index (χ1v) is 12.4. The molecule has 2 N–H and O–H groups in total. The molecule has 5 rings (SSSR count). The van der Waals surface area contributed by atoms with Crippen LogP contribution >= 0.6 is 11.6 Å². The monoisotopic (exact) mass is 518 g/mol. The lowest BCUT2D eigenvalue weighted by Gasteiger charge is -2.30. The number of rotatable bonds is 4. The number of anilines is 2. The minimum atomic E-state index is -1.08. The van der Waals surface area contributed by atoms with E-state index in [0.29, 0.717) is 28.4 Å². The van der Waals surface area contributed by atoms with Crippen LogP contribution in [0, 0.1) is 0 Å². The summed E-state index contributed by atoms with van der Waals surface area (Å²) in [6, 6.07) is 17.6. The van der Waals surface area contributed by atoms with Crippen molar-refractivity contribution in [3.8, 4) is 0 Å². The summed E-state index contributed by atoms with van der Waals surface area (Å²) < 4.78 is 5.30. The highest BCUT2D eigenvalue weighted by atomic mass is 35.5. The number of ether oxygens (including phenoxy) is 1. The third-order valence-electron chi connectivity index (χ3n) is 6.50. The first-order valence-electron chi connectivity index (χ1n) is 12.0. The van der Waals surface area contributed by atoms with Gasteiger partial charge in [-0.15, -0.1) is 0 Å². The summed E-state index contributed by atoms with van der Waals surface area (Å²) in [5.41, 5.74) is 1.21. The van der Waals surface area contributed by atoms with Crippen LogP contribution in [0.25, 0.3) is 0 Å². The molecule has 1 aliphatic heterocycles. The molecule has 37 heavy (non-hydrogen) atoms. The average Bonchev–Trinajstić information content (AvgIpc) is 3.60. The summed E-state index contributed by atoms with van der Waals surface area (Å²) in [6.45, 7) is 5.58. The van der Waals surface area contributed by atoms with Crippen molar-refractivity contribution in [2.75, 3.05) is 10.6 Å². The van der Waals surface area contributed by atoms with Gasteiger partial charge >= 0.3 is 6.09 Å². The average molecular weight is 519 g/mol. The van der Waals surface area contributed by atoms with E-state index in [1.54, 1.807) is 62.2 Å². The predicted molar refractivity (Wildman–Crippen MR) is 141 cm³/mol. The predicted octanol–water partition coefficient (Wildman–Crippen LogP) is 5.60. The van der Waals surface area contributed by atoms with Crippen molar-refractivity contribution in [2.24, 2.45) is 0 Å². The molecule has 1 spiro atoms. The number of carbonyl (C=O) groups is 3. The summed E-state index contributed by atoms with van der Waals surface area (Å²) in [6.07, 6.45) is 1.60. The van der Waals surface area contributed by atoms with E-state index in [1.807, 2.05) is 30.3 Å². The van der Waals surface area contributed by atoms with E-state index in [-0.39, 0.29) is 24.3 Å². The Morgan fingerprint density at radius 1 is 1.16 bits per heavy atom. The molecule has 2 heterocycles. The molecule has 9 heteroatoms. The Morgan fingerprint density at radius 2 is 1.92 bits per heavy atom. The maximum Gasteiger partial charge on any atom is 0.412 e. The van der Waals surface area contributed by atoms with Crippen molar-refractivity contribution in [1.82, 2.24) is 9.88 Å². The summed E-state index contributed by atoms with van der Waals surface area (Å²) >= 11 is 6.16. The minimum absolute atomic E-state index is 0.199. The van der Waals surface area contributed by atoms with Crippen LogP contribution in [0.1, 0.15) is 54.7 Å². The quantitative estimate of drug-likeness (QED) is 0.468. The summed E-state index contributed by atoms with van der Waals surface area (Å²) in [4.78, 5) is 45.7. The summed E-state index contributed by atoms with van der Waals surface area (Å²) in [5, 5.41) is 6.07. The molecule has 190 valence electrons. The van der Waals surface area contributed by atoms with E-state index in [2.05, 4.69) is 15.6 Å². The molecule has 2 aromatic carbocycles. The maximum absolute atomic E-state index is 13.9. The maximum atomic E-state index is 13.9. The number of amides is 3. The molecule has 2 atom stereocenters. The van der Waals surface area contributed by atoms with Crippen molar-refractivity contribution in [2.45, 2.75) is 50.8 Å². The van der Waals surface area contributed by atoms with E-state index in [9.17, 15) is 14.4 Å². The topological polar surface area (TPSA) is 101 Å². The first kappa shape index (κ1) is 24.8. The van der Waals surface area contributed by atoms with Crippen molar-refractivity contribution in [1.29, 1.82) is 0 Å². The van der Waals surface area contributed by atoms with E-state index < -0.39 is 17.2 Å². The van der Waals surface area contributed by atoms with Gasteiger partial charge in [-0.2, -0.15) is 0 Å². The largest absolute Gasteiger partial charge is 0.444 e. The lowest BCUT2D eigenvalue weighted by Crippen LogP contribution is -2.48. The number of carbonyl (C=O) groups excluding carboxylic acids is 3. The first-order chi connectivity index (χ1) is 17.6. The van der Waals surface area contributed by atoms with Crippen LogP contribution in [0.15, 0.2) is 66.9 Å². The molecule has 3 aromatic rings. The molecule has 8 nitrogen and oxygen atoms in total. The van der Waals surface area contributed by atoms with Gasteiger partial charge in [0.2, 0.25) is 0 Å². The van der Waals surface area contributed by atoms with Gasteiger partial charge < -0.3 is 15.0 Å². The van der Waals surface area contributed by atoms with Crippen LogP contribution < -0.4 is 10.6 Å². The molecule has 1 aliphatic carbocycles. The number of pyridine rings is 1. The Balaban J connectivity index is 1.45. The second kappa shape index (κ2) is 9.19. The minimum Gasteiger partial charge on any atom is -0.444 e. The lowest BCUT2D eigenvalue weighted by molar-refractivity contribution is -0.122. The standard InChI is InChI=1S/C28H27ClN4O4/c1-27(2,3)37-26(36)31-19-10-7-17(8-11-19)16-33-24(34)20-12-9-18(29)14-23(20)32-25(35)28(33)15-21(28)22-6-4-5-13-30-22/h4-14,21H,15-16H2,1-3H3,(H,31,36)(H,32,35). The molecule has 0 bridgehead atoms. The van der Waals surface area contributed by atoms with Crippen LogP contribution in [0.3, 0.4) is 0 Å². The number of hydrogen-bond donors (Lipinski definition) is 2. The van der Waals surface area contributed by atoms with Gasteiger partial charge in [0.15, 0.2) is 0 Å². The lowest BCUT2D eigenvalue weighted by atomic mass is 10.1. The highest BCUT2D eigenvalue weighted by Gasteiger charge is 2.67. The van der Waals surface area contributed by atoms with E-state index in [1.165, 1.54) is 0 Å². The number of halogens is 1. The van der Waals surface area contributed by atoms with E-state index >= 15 is 0 Å². The van der Waals surface area contributed by atoms with E-state index in [0.717, 1.165) is 11.3 Å². The zero-order valence-electron chi connectivity index (χ0n) is 20.7. The SMILES string of the molecule is CC(C)(C)OC(=O)Nc1ccc(CN2C(=O)c3ccc(Cl)cc3NC(=O)C23CC3c2ccccn2)cc1. The number of benzene rings is 2. The van der Waals surface area contributed by atoms with Crippen molar-refractivity contribution in [3.63, 3.8) is 0 Å². The third kappa shape index (κ3) is 4.89. The van der Waals surface area contributed by atoms with Gasteiger partial charge in [-0.3, -0.25) is 19.9 Å². The summed E-state index contributed by atoms with van der Waals surface area (Å²) in [7, 11) is 0. The van der Waals surface area contributed by atoms with Crippen molar-refractivity contribution < 1.29 is 19.1 Å². The van der Waals surface area contributed by atoms with Gasteiger partial charge in [-0.05, 0) is 75.2 Å². The Kier molecular flexibility index (Phi) is 6.15. The number of hydrogen-bond acceptors (Lipinski definition) is 5. The number of nitrogens with one attached hydrogen (secondary N) is 2. The third-order valence-corrected chi connectivity index (χ3v) is 6.73. The number of aromatic nitrogens is 1. The molecule has 2 unspecified atom stereocenters. The fourth-order valence-corrected chi connectivity index (χ4v) is 4.90. The molecule has 1 aromatic heterocycles. The van der Waals surface area contributed by atoms with Crippen LogP contribution in [-0.2, 0) is 16.1 Å². The number of nitrogens with zero attached hydrogens (tertiary/aromatic N) is 2. The van der Waals surface area contributed by atoms with Gasteiger partial charge in [0, 0.05) is 35.1 Å². The molecular formula is C28H27ClN4O4. The van der Waals surface area contributed by atoms with Gasteiger partial charge in [0.25, 0.3) is 11.8 Å². The highest BCUT2D eigenvalue weighted by molar-refractivity contribution is 6.31. The van der Waals surface area contributed by atoms with Crippen molar-refractivity contribution in [3.05, 3.63) is 88.7 Å². The Morgan fingerprint density at radius 3 is 2.59 bits per heavy atom. The highest BCUT2D eigenvalue weighted by Crippen LogP contribution is 2.57. The Labute approximate surface area is 220 Å². The zero-order valence-corrected chi connectivity index (χ0v) is 21.5.